The Morgan fingerprint density at radius 3 is 2.71 bits per heavy atom. The minimum atomic E-state index is 0.234. The highest BCUT2D eigenvalue weighted by Gasteiger charge is 2.25. The highest BCUT2D eigenvalue weighted by atomic mass is 16.5. The van der Waals surface area contributed by atoms with Crippen LogP contribution in [0.1, 0.15) is 19.3 Å². The molecule has 1 atom stereocenters. The third kappa shape index (κ3) is 2.15. The molecule has 0 unspecified atom stereocenters. The Morgan fingerprint density at radius 2 is 2.07 bits per heavy atom. The fourth-order valence-electron chi connectivity index (χ4n) is 2.06. The summed E-state index contributed by atoms with van der Waals surface area (Å²) in [7, 11) is 0. The van der Waals surface area contributed by atoms with Gasteiger partial charge in [-0.3, -0.25) is 4.79 Å². The van der Waals surface area contributed by atoms with Crippen molar-refractivity contribution in [1.82, 2.24) is 4.90 Å². The number of morpholine rings is 1. The summed E-state index contributed by atoms with van der Waals surface area (Å²) in [6, 6.07) is 0. The van der Waals surface area contributed by atoms with Gasteiger partial charge in [0.1, 0.15) is 0 Å². The summed E-state index contributed by atoms with van der Waals surface area (Å²) in [4.78, 5) is 13.9. The van der Waals surface area contributed by atoms with Gasteiger partial charge >= 0.3 is 0 Å². The number of allylic oxidation sites excluding steroid dienone is 2. The van der Waals surface area contributed by atoms with Gasteiger partial charge in [-0.2, -0.15) is 0 Å². The summed E-state index contributed by atoms with van der Waals surface area (Å²) in [6.07, 6.45) is 7.30. The first-order valence-electron chi connectivity index (χ1n) is 5.39. The molecule has 2 aliphatic rings. The topological polar surface area (TPSA) is 29.5 Å². The van der Waals surface area contributed by atoms with Gasteiger partial charge in [0, 0.05) is 19.0 Å². The van der Waals surface area contributed by atoms with Crippen molar-refractivity contribution in [3.8, 4) is 0 Å². The lowest BCUT2D eigenvalue weighted by atomic mass is 9.93. The Labute approximate surface area is 84.7 Å². The van der Waals surface area contributed by atoms with Gasteiger partial charge in [0.2, 0.25) is 5.91 Å². The maximum absolute atomic E-state index is 12.0. The lowest BCUT2D eigenvalue weighted by Gasteiger charge is -2.30. The van der Waals surface area contributed by atoms with Crippen LogP contribution in [0.25, 0.3) is 0 Å². The highest BCUT2D eigenvalue weighted by molar-refractivity contribution is 5.79. The van der Waals surface area contributed by atoms with E-state index in [1.165, 1.54) is 0 Å². The first-order chi connectivity index (χ1) is 6.88. The van der Waals surface area contributed by atoms with Crippen LogP contribution in [0.2, 0.25) is 0 Å². The molecule has 0 bridgehead atoms. The molecule has 0 N–H and O–H groups in total. The monoisotopic (exact) mass is 195 g/mol. The Kier molecular flexibility index (Phi) is 3.19. The second kappa shape index (κ2) is 4.60. The van der Waals surface area contributed by atoms with E-state index >= 15 is 0 Å². The van der Waals surface area contributed by atoms with Gasteiger partial charge in [-0.15, -0.1) is 0 Å². The largest absolute Gasteiger partial charge is 0.378 e. The Hall–Kier alpha value is -0.830. The van der Waals surface area contributed by atoms with E-state index in [2.05, 4.69) is 12.2 Å². The van der Waals surface area contributed by atoms with Crippen molar-refractivity contribution in [2.24, 2.45) is 5.92 Å². The third-order valence-electron chi connectivity index (χ3n) is 2.94. The van der Waals surface area contributed by atoms with Crippen LogP contribution in [0.5, 0.6) is 0 Å². The smallest absolute Gasteiger partial charge is 0.226 e. The molecule has 78 valence electrons. The molecule has 1 fully saturated rings. The van der Waals surface area contributed by atoms with E-state index in [4.69, 9.17) is 4.74 Å². The summed E-state index contributed by atoms with van der Waals surface area (Å²) in [5.41, 5.74) is 0. The summed E-state index contributed by atoms with van der Waals surface area (Å²) < 4.78 is 5.23. The molecule has 1 amide bonds. The number of ether oxygens (including phenoxy) is 1. The van der Waals surface area contributed by atoms with Gasteiger partial charge in [0.05, 0.1) is 13.2 Å². The zero-order valence-electron chi connectivity index (χ0n) is 8.45. The van der Waals surface area contributed by atoms with Crippen molar-refractivity contribution < 1.29 is 9.53 Å². The minimum Gasteiger partial charge on any atom is -0.378 e. The molecule has 0 spiro atoms. The number of rotatable bonds is 1. The molecular weight excluding hydrogens is 178 g/mol. The van der Waals surface area contributed by atoms with Crippen LogP contribution in [0.3, 0.4) is 0 Å². The molecule has 0 aromatic rings. The number of carbonyl (C=O) groups is 1. The van der Waals surface area contributed by atoms with Gasteiger partial charge in [-0.1, -0.05) is 12.2 Å². The molecule has 1 aliphatic carbocycles. The molecule has 0 radical (unpaired) electrons. The van der Waals surface area contributed by atoms with Crippen LogP contribution in [-0.4, -0.2) is 37.1 Å². The second-order valence-electron chi connectivity index (χ2n) is 3.92. The van der Waals surface area contributed by atoms with E-state index in [9.17, 15) is 4.79 Å². The fourth-order valence-corrected chi connectivity index (χ4v) is 2.06. The van der Waals surface area contributed by atoms with Crippen molar-refractivity contribution >= 4 is 5.91 Å². The Morgan fingerprint density at radius 1 is 1.29 bits per heavy atom. The summed E-state index contributed by atoms with van der Waals surface area (Å²) in [5, 5.41) is 0. The number of amides is 1. The van der Waals surface area contributed by atoms with Crippen LogP contribution >= 0.6 is 0 Å². The average molecular weight is 195 g/mol. The van der Waals surface area contributed by atoms with Crippen molar-refractivity contribution in [1.29, 1.82) is 0 Å². The average Bonchev–Trinajstić information content (AvgIpc) is 2.30. The van der Waals surface area contributed by atoms with Crippen molar-refractivity contribution in [3.05, 3.63) is 12.2 Å². The highest BCUT2D eigenvalue weighted by Crippen LogP contribution is 2.20. The van der Waals surface area contributed by atoms with Crippen LogP contribution in [0.15, 0.2) is 12.2 Å². The molecule has 3 heteroatoms. The number of hydrogen-bond acceptors (Lipinski definition) is 2. The molecule has 0 aromatic carbocycles. The molecule has 3 nitrogen and oxygen atoms in total. The quantitative estimate of drug-likeness (QED) is 0.588. The van der Waals surface area contributed by atoms with Crippen molar-refractivity contribution in [2.45, 2.75) is 19.3 Å². The molecule has 0 saturated carbocycles. The van der Waals surface area contributed by atoms with Gasteiger partial charge in [-0.25, -0.2) is 0 Å². The maximum atomic E-state index is 12.0. The first-order valence-corrected chi connectivity index (χ1v) is 5.39. The molecule has 14 heavy (non-hydrogen) atoms. The normalized spacial score (nSPS) is 27.7. The predicted octanol–water partition coefficient (Wildman–Crippen LogP) is 1.20. The summed E-state index contributed by atoms with van der Waals surface area (Å²) in [6.45, 7) is 2.96. The summed E-state index contributed by atoms with van der Waals surface area (Å²) >= 11 is 0. The molecule has 1 aliphatic heterocycles. The van der Waals surface area contributed by atoms with E-state index in [0.29, 0.717) is 19.1 Å². The lowest BCUT2D eigenvalue weighted by molar-refractivity contribution is -0.139. The molecule has 1 saturated heterocycles. The van der Waals surface area contributed by atoms with Crippen LogP contribution in [0.4, 0.5) is 0 Å². The van der Waals surface area contributed by atoms with Gasteiger partial charge in [0.25, 0.3) is 0 Å². The summed E-state index contributed by atoms with van der Waals surface area (Å²) in [5.74, 6) is 0.566. The van der Waals surface area contributed by atoms with E-state index in [1.54, 1.807) is 0 Å². The standard InChI is InChI=1S/C11H17NO2/c13-11(10-4-2-1-3-5-10)12-6-8-14-9-7-12/h1-2,10H,3-9H2/t10-/m0/s1. The van der Waals surface area contributed by atoms with Gasteiger partial charge in [-0.05, 0) is 19.3 Å². The van der Waals surface area contributed by atoms with Crippen LogP contribution < -0.4 is 0 Å². The van der Waals surface area contributed by atoms with E-state index in [1.807, 2.05) is 4.90 Å². The molecule has 2 rings (SSSR count). The predicted molar refractivity (Wildman–Crippen MR) is 53.9 cm³/mol. The van der Waals surface area contributed by atoms with E-state index in [-0.39, 0.29) is 5.92 Å². The van der Waals surface area contributed by atoms with Crippen molar-refractivity contribution in [3.63, 3.8) is 0 Å². The number of nitrogens with zero attached hydrogens (tertiary/aromatic N) is 1. The third-order valence-corrected chi connectivity index (χ3v) is 2.94. The van der Waals surface area contributed by atoms with Gasteiger partial charge in [0.15, 0.2) is 0 Å². The Bertz CT molecular complexity index is 231. The number of hydrogen-bond donors (Lipinski definition) is 0. The minimum absolute atomic E-state index is 0.234. The SMILES string of the molecule is O=C([C@H]1CC=CCC1)N1CCOCC1. The zero-order chi connectivity index (χ0) is 9.80. The van der Waals surface area contributed by atoms with Gasteiger partial charge < -0.3 is 9.64 Å². The van der Waals surface area contributed by atoms with E-state index in [0.717, 1.165) is 32.4 Å². The van der Waals surface area contributed by atoms with Crippen molar-refractivity contribution in [2.75, 3.05) is 26.3 Å². The fraction of sp³-hybridized carbons (Fsp3) is 0.727. The molecule has 0 aromatic heterocycles. The second-order valence-corrected chi connectivity index (χ2v) is 3.92. The maximum Gasteiger partial charge on any atom is 0.226 e. The Balaban J connectivity index is 1.89. The van der Waals surface area contributed by atoms with E-state index < -0.39 is 0 Å². The first kappa shape index (κ1) is 9.71. The number of carbonyl (C=O) groups excluding carboxylic acids is 1. The van der Waals surface area contributed by atoms with Crippen LogP contribution in [-0.2, 0) is 9.53 Å². The van der Waals surface area contributed by atoms with Crippen LogP contribution in [0, 0.1) is 5.92 Å². The lowest BCUT2D eigenvalue weighted by Crippen LogP contribution is -2.43. The zero-order valence-corrected chi connectivity index (χ0v) is 8.45. The molecule has 1 heterocycles. The molecular formula is C11H17NO2.